The summed E-state index contributed by atoms with van der Waals surface area (Å²) in [6.07, 6.45) is 3.32. The lowest BCUT2D eigenvalue weighted by Gasteiger charge is -2.08. The second-order valence-electron chi connectivity index (χ2n) is 5.28. The fourth-order valence-corrected chi connectivity index (χ4v) is 2.60. The van der Waals surface area contributed by atoms with Crippen LogP contribution in [0.15, 0.2) is 61.1 Å². The number of hydrogen-bond donors (Lipinski definition) is 2. The molecule has 0 atom stereocenters. The van der Waals surface area contributed by atoms with Gasteiger partial charge >= 0.3 is 0 Å². The van der Waals surface area contributed by atoms with E-state index < -0.39 is 0 Å². The molecule has 0 radical (unpaired) electrons. The largest absolute Gasteiger partial charge is 0.345 e. The standard InChI is InChI=1S/C17H14N6O/c24-17(14-8-4-5-12-9-19-22-16(12)14)18-10-15-21-20-11-23(15)13-6-2-1-3-7-13/h1-9,11H,10H2,(H,18,24)(H,19,22). The smallest absolute Gasteiger partial charge is 0.253 e. The van der Waals surface area contributed by atoms with Crippen molar-refractivity contribution in [3.05, 3.63) is 72.4 Å². The maximum atomic E-state index is 12.5. The average Bonchev–Trinajstić information content (AvgIpc) is 3.29. The predicted octanol–water partition coefficient (Wildman–Crippen LogP) is 2.07. The molecule has 2 heterocycles. The number of nitrogens with one attached hydrogen (secondary N) is 2. The first kappa shape index (κ1) is 14.1. The van der Waals surface area contributed by atoms with E-state index in [0.717, 1.165) is 16.6 Å². The number of rotatable bonds is 4. The van der Waals surface area contributed by atoms with E-state index in [4.69, 9.17) is 0 Å². The Labute approximate surface area is 137 Å². The molecule has 2 N–H and O–H groups in total. The van der Waals surface area contributed by atoms with Crippen molar-refractivity contribution in [2.45, 2.75) is 6.54 Å². The van der Waals surface area contributed by atoms with Crippen molar-refractivity contribution in [1.82, 2.24) is 30.3 Å². The molecular formula is C17H14N6O. The monoisotopic (exact) mass is 318 g/mol. The van der Waals surface area contributed by atoms with Gasteiger partial charge in [0, 0.05) is 11.1 Å². The Morgan fingerprint density at radius 2 is 2.00 bits per heavy atom. The third-order valence-corrected chi connectivity index (χ3v) is 3.78. The highest BCUT2D eigenvalue weighted by molar-refractivity contribution is 6.05. The van der Waals surface area contributed by atoms with Crippen LogP contribution in [0.4, 0.5) is 0 Å². The topological polar surface area (TPSA) is 88.5 Å². The number of amides is 1. The minimum absolute atomic E-state index is 0.188. The zero-order valence-corrected chi connectivity index (χ0v) is 12.7. The van der Waals surface area contributed by atoms with Gasteiger partial charge in [-0.2, -0.15) is 5.10 Å². The first-order valence-electron chi connectivity index (χ1n) is 7.47. The van der Waals surface area contributed by atoms with Gasteiger partial charge in [-0.25, -0.2) is 0 Å². The van der Waals surface area contributed by atoms with Crippen LogP contribution in [0, 0.1) is 0 Å². The van der Waals surface area contributed by atoms with Crippen LogP contribution < -0.4 is 5.32 Å². The van der Waals surface area contributed by atoms with Crippen LogP contribution in [0.5, 0.6) is 0 Å². The molecule has 0 saturated heterocycles. The summed E-state index contributed by atoms with van der Waals surface area (Å²) in [4.78, 5) is 12.5. The lowest BCUT2D eigenvalue weighted by Crippen LogP contribution is -2.24. The van der Waals surface area contributed by atoms with Gasteiger partial charge in [-0.05, 0) is 18.2 Å². The number of hydrogen-bond acceptors (Lipinski definition) is 4. The van der Waals surface area contributed by atoms with Gasteiger partial charge in [0.2, 0.25) is 0 Å². The number of fused-ring (bicyclic) bond motifs is 1. The number of H-pyrrole nitrogens is 1. The molecule has 7 heteroatoms. The van der Waals surface area contributed by atoms with Gasteiger partial charge in [0.25, 0.3) is 5.91 Å². The molecule has 4 rings (SSSR count). The van der Waals surface area contributed by atoms with Crippen LogP contribution in [-0.2, 0) is 6.54 Å². The quantitative estimate of drug-likeness (QED) is 0.603. The van der Waals surface area contributed by atoms with Gasteiger partial charge < -0.3 is 5.32 Å². The number of benzene rings is 2. The number of para-hydroxylation sites is 2. The highest BCUT2D eigenvalue weighted by Gasteiger charge is 2.13. The van der Waals surface area contributed by atoms with Crippen LogP contribution in [0.3, 0.4) is 0 Å². The molecule has 0 aliphatic rings. The minimum Gasteiger partial charge on any atom is -0.345 e. The lowest BCUT2D eigenvalue weighted by atomic mass is 10.1. The molecule has 118 valence electrons. The molecule has 0 fully saturated rings. The van der Waals surface area contributed by atoms with Gasteiger partial charge in [0.1, 0.15) is 6.33 Å². The lowest BCUT2D eigenvalue weighted by molar-refractivity contribution is 0.0951. The summed E-state index contributed by atoms with van der Waals surface area (Å²) in [5.41, 5.74) is 2.22. The summed E-state index contributed by atoms with van der Waals surface area (Å²) >= 11 is 0. The fourth-order valence-electron chi connectivity index (χ4n) is 2.60. The molecule has 0 aliphatic heterocycles. The van der Waals surface area contributed by atoms with Crippen LogP contribution in [-0.4, -0.2) is 30.9 Å². The van der Waals surface area contributed by atoms with E-state index in [1.807, 2.05) is 47.0 Å². The Kier molecular flexibility index (Phi) is 3.51. The van der Waals surface area contributed by atoms with E-state index in [1.54, 1.807) is 18.6 Å². The zero-order valence-electron chi connectivity index (χ0n) is 12.7. The van der Waals surface area contributed by atoms with E-state index in [0.29, 0.717) is 11.4 Å². The number of nitrogens with zero attached hydrogens (tertiary/aromatic N) is 4. The number of carbonyl (C=O) groups is 1. The highest BCUT2D eigenvalue weighted by Crippen LogP contribution is 2.15. The molecule has 0 aliphatic carbocycles. The van der Waals surface area contributed by atoms with Crippen LogP contribution in [0.25, 0.3) is 16.6 Å². The first-order valence-corrected chi connectivity index (χ1v) is 7.47. The van der Waals surface area contributed by atoms with Crippen molar-refractivity contribution >= 4 is 16.8 Å². The van der Waals surface area contributed by atoms with Gasteiger partial charge in [0.15, 0.2) is 5.82 Å². The summed E-state index contributed by atoms with van der Waals surface area (Å²) in [6.45, 7) is 0.276. The molecule has 4 aromatic rings. The molecule has 0 saturated carbocycles. The van der Waals surface area contributed by atoms with E-state index in [-0.39, 0.29) is 12.5 Å². The number of aromatic nitrogens is 5. The summed E-state index contributed by atoms with van der Waals surface area (Å²) in [7, 11) is 0. The van der Waals surface area contributed by atoms with E-state index >= 15 is 0 Å². The van der Waals surface area contributed by atoms with Crippen LogP contribution >= 0.6 is 0 Å². The van der Waals surface area contributed by atoms with Gasteiger partial charge in [-0.1, -0.05) is 30.3 Å². The third-order valence-electron chi connectivity index (χ3n) is 3.78. The molecular weight excluding hydrogens is 304 g/mol. The summed E-state index contributed by atoms with van der Waals surface area (Å²) in [5.74, 6) is 0.471. The average molecular weight is 318 g/mol. The minimum atomic E-state index is -0.188. The second kappa shape index (κ2) is 5.96. The van der Waals surface area contributed by atoms with E-state index in [9.17, 15) is 4.79 Å². The van der Waals surface area contributed by atoms with Crippen molar-refractivity contribution in [3.8, 4) is 5.69 Å². The Morgan fingerprint density at radius 3 is 2.88 bits per heavy atom. The fraction of sp³-hybridized carbons (Fsp3) is 0.0588. The van der Waals surface area contributed by atoms with Crippen LogP contribution in [0.2, 0.25) is 0 Å². The molecule has 24 heavy (non-hydrogen) atoms. The van der Waals surface area contributed by atoms with E-state index in [1.165, 1.54) is 0 Å². The Bertz CT molecular complexity index is 988. The van der Waals surface area contributed by atoms with Gasteiger partial charge in [-0.15, -0.1) is 10.2 Å². The summed E-state index contributed by atoms with van der Waals surface area (Å²) < 4.78 is 1.84. The van der Waals surface area contributed by atoms with Crippen molar-refractivity contribution in [2.24, 2.45) is 0 Å². The SMILES string of the molecule is O=C(NCc1nncn1-c1ccccc1)c1cccc2cn[nH]c12. The molecule has 0 unspecified atom stereocenters. The number of aromatic amines is 1. The first-order chi connectivity index (χ1) is 11.8. The Hall–Kier alpha value is -3.48. The van der Waals surface area contributed by atoms with Crippen molar-refractivity contribution in [2.75, 3.05) is 0 Å². The summed E-state index contributed by atoms with van der Waals surface area (Å²) in [6, 6.07) is 15.2. The Balaban J connectivity index is 1.55. The maximum absolute atomic E-state index is 12.5. The third kappa shape index (κ3) is 2.52. The molecule has 2 aromatic heterocycles. The normalized spacial score (nSPS) is 10.8. The van der Waals surface area contributed by atoms with Crippen molar-refractivity contribution < 1.29 is 4.79 Å². The van der Waals surface area contributed by atoms with Gasteiger partial charge in [0.05, 0.1) is 23.8 Å². The van der Waals surface area contributed by atoms with Gasteiger partial charge in [-0.3, -0.25) is 14.5 Å². The van der Waals surface area contributed by atoms with Crippen LogP contribution in [0.1, 0.15) is 16.2 Å². The van der Waals surface area contributed by atoms with Crippen molar-refractivity contribution in [3.63, 3.8) is 0 Å². The van der Waals surface area contributed by atoms with Crippen molar-refractivity contribution in [1.29, 1.82) is 0 Å². The van der Waals surface area contributed by atoms with E-state index in [2.05, 4.69) is 25.7 Å². The zero-order chi connectivity index (χ0) is 16.4. The predicted molar refractivity (Wildman–Crippen MR) is 88.6 cm³/mol. The molecule has 2 aromatic carbocycles. The maximum Gasteiger partial charge on any atom is 0.253 e. The summed E-state index contributed by atoms with van der Waals surface area (Å²) in [5, 5.41) is 18.6. The highest BCUT2D eigenvalue weighted by atomic mass is 16.1. The molecule has 1 amide bonds. The number of carbonyl (C=O) groups excluding carboxylic acids is 1. The molecule has 7 nitrogen and oxygen atoms in total. The molecule has 0 spiro atoms. The second-order valence-corrected chi connectivity index (χ2v) is 5.28. The Morgan fingerprint density at radius 1 is 1.12 bits per heavy atom. The molecule has 0 bridgehead atoms.